The molecule has 35 heavy (non-hydrogen) atoms. The molecular weight excluding hydrogens is 481 g/mol. The molecule has 1 aromatic heterocycles. The van der Waals surface area contributed by atoms with E-state index in [0.29, 0.717) is 11.3 Å². The Morgan fingerprint density at radius 3 is 2.66 bits per heavy atom. The Hall–Kier alpha value is -2.37. The predicted octanol–water partition coefficient (Wildman–Crippen LogP) is 5.17. The molecule has 3 atom stereocenters. The first-order valence-corrected chi connectivity index (χ1v) is 12.4. The third-order valence-corrected chi connectivity index (χ3v) is 8.21. The molecule has 4 rings (SSSR count). The van der Waals surface area contributed by atoms with Crippen LogP contribution in [0.15, 0.2) is 30.5 Å². The van der Waals surface area contributed by atoms with E-state index in [0.717, 1.165) is 49.9 Å². The number of thioether (sulfide) groups is 1. The normalized spacial score (nSPS) is 26.0. The van der Waals surface area contributed by atoms with Crippen molar-refractivity contribution < 1.29 is 27.8 Å². The molecule has 0 bridgehead atoms. The van der Waals surface area contributed by atoms with Crippen LogP contribution in [0.1, 0.15) is 55.8 Å². The van der Waals surface area contributed by atoms with E-state index in [1.807, 2.05) is 19.9 Å². The lowest BCUT2D eigenvalue weighted by Crippen LogP contribution is -2.41. The molecule has 1 saturated heterocycles. The maximum Gasteiger partial charge on any atom is 0.433 e. The Labute approximate surface area is 206 Å². The number of carbonyl (C=O) groups excluding carboxylic acids is 1. The SMILES string of the molecule is Cc1cccc(Nc2nccc(C(F)(F)F)n2)c1C1(C)SC(OC(=O)C2CCCCC2)N(C)C1O. The second kappa shape index (κ2) is 9.94. The molecular formula is C24H29F3N4O3S. The van der Waals surface area contributed by atoms with Crippen LogP contribution in [0, 0.1) is 12.8 Å². The summed E-state index contributed by atoms with van der Waals surface area (Å²) in [6, 6.07) is 6.12. The molecule has 0 spiro atoms. The van der Waals surface area contributed by atoms with Crippen molar-refractivity contribution in [3.8, 4) is 0 Å². The quantitative estimate of drug-likeness (QED) is 0.533. The third kappa shape index (κ3) is 5.26. The number of anilines is 2. The maximum atomic E-state index is 13.1. The fraction of sp³-hybridized carbons (Fsp3) is 0.542. The summed E-state index contributed by atoms with van der Waals surface area (Å²) < 4.78 is 44.3. The number of aliphatic hydroxyl groups is 1. The number of aliphatic hydroxyl groups excluding tert-OH is 1. The van der Waals surface area contributed by atoms with Crippen molar-refractivity contribution in [2.24, 2.45) is 5.92 Å². The molecule has 2 fully saturated rings. The van der Waals surface area contributed by atoms with Gasteiger partial charge in [0.15, 0.2) is 0 Å². The topological polar surface area (TPSA) is 87.6 Å². The molecule has 1 aromatic carbocycles. The van der Waals surface area contributed by atoms with E-state index >= 15 is 0 Å². The van der Waals surface area contributed by atoms with Crippen LogP contribution in [0.2, 0.25) is 0 Å². The van der Waals surface area contributed by atoms with E-state index in [4.69, 9.17) is 4.74 Å². The fourth-order valence-corrected chi connectivity index (χ4v) is 6.33. The zero-order chi connectivity index (χ0) is 25.4. The molecule has 1 saturated carbocycles. The van der Waals surface area contributed by atoms with E-state index < -0.39 is 28.4 Å². The number of esters is 1. The number of aryl methyl sites for hydroxylation is 1. The Bertz CT molecular complexity index is 1080. The highest BCUT2D eigenvalue weighted by Crippen LogP contribution is 2.53. The Balaban J connectivity index is 1.61. The van der Waals surface area contributed by atoms with Crippen molar-refractivity contribution in [1.29, 1.82) is 0 Å². The molecule has 1 aliphatic carbocycles. The van der Waals surface area contributed by atoms with Crippen molar-refractivity contribution >= 4 is 29.4 Å². The average Bonchev–Trinajstić information content (AvgIpc) is 3.03. The van der Waals surface area contributed by atoms with Gasteiger partial charge in [-0.3, -0.25) is 4.79 Å². The molecule has 2 N–H and O–H groups in total. The van der Waals surface area contributed by atoms with Gasteiger partial charge in [0.1, 0.15) is 11.9 Å². The number of ether oxygens (including phenoxy) is 1. The highest BCUT2D eigenvalue weighted by atomic mass is 32.2. The third-order valence-electron chi connectivity index (χ3n) is 6.67. The van der Waals surface area contributed by atoms with E-state index in [1.54, 1.807) is 24.1 Å². The summed E-state index contributed by atoms with van der Waals surface area (Å²) in [6.07, 6.45) is 0.163. The van der Waals surface area contributed by atoms with Gasteiger partial charge in [0.2, 0.25) is 11.5 Å². The fourth-order valence-electron chi connectivity index (χ4n) is 4.81. The van der Waals surface area contributed by atoms with Crippen molar-refractivity contribution in [3.63, 3.8) is 0 Å². The van der Waals surface area contributed by atoms with E-state index in [2.05, 4.69) is 15.3 Å². The summed E-state index contributed by atoms with van der Waals surface area (Å²) in [5.74, 6) is -0.595. The Morgan fingerprint density at radius 2 is 1.97 bits per heavy atom. The molecule has 190 valence electrons. The molecule has 2 aromatic rings. The van der Waals surface area contributed by atoms with Gasteiger partial charge < -0.3 is 15.2 Å². The van der Waals surface area contributed by atoms with Gasteiger partial charge in [-0.05, 0) is 57.0 Å². The maximum absolute atomic E-state index is 13.1. The summed E-state index contributed by atoms with van der Waals surface area (Å²) >= 11 is 1.29. The summed E-state index contributed by atoms with van der Waals surface area (Å²) in [5, 5.41) is 14.1. The lowest BCUT2D eigenvalue weighted by Gasteiger charge is -2.31. The highest BCUT2D eigenvalue weighted by Gasteiger charge is 2.52. The largest absolute Gasteiger partial charge is 0.436 e. The standard InChI is InChI=1S/C24H29F3N4O3S/c1-14-8-7-11-16(29-21-28-13-12-17(30-21)24(25,26)27)18(14)23(2)20(33)31(3)22(35-23)34-19(32)15-9-5-4-6-10-15/h7-8,11-13,15,20,22,33H,4-6,9-10H2,1-3H3,(H,28,29,30). The second-order valence-electron chi connectivity index (χ2n) is 9.23. The van der Waals surface area contributed by atoms with Gasteiger partial charge in [0.25, 0.3) is 0 Å². The van der Waals surface area contributed by atoms with Crippen LogP contribution in [0.25, 0.3) is 0 Å². The van der Waals surface area contributed by atoms with Crippen molar-refractivity contribution in [1.82, 2.24) is 14.9 Å². The molecule has 0 amide bonds. The van der Waals surface area contributed by atoms with Gasteiger partial charge in [-0.15, -0.1) is 0 Å². The molecule has 2 heterocycles. The smallest absolute Gasteiger partial charge is 0.433 e. The van der Waals surface area contributed by atoms with Crippen LogP contribution in [-0.2, 0) is 20.5 Å². The Kier molecular flexibility index (Phi) is 7.31. The molecule has 11 heteroatoms. The van der Waals surface area contributed by atoms with Crippen LogP contribution in [0.3, 0.4) is 0 Å². The zero-order valence-electron chi connectivity index (χ0n) is 19.8. The number of alkyl halides is 3. The number of nitrogens with zero attached hydrogens (tertiary/aromatic N) is 3. The first-order valence-electron chi connectivity index (χ1n) is 11.6. The van der Waals surface area contributed by atoms with Gasteiger partial charge in [0.05, 0.1) is 10.7 Å². The molecule has 0 radical (unpaired) electrons. The number of benzene rings is 1. The van der Waals surface area contributed by atoms with Gasteiger partial charge in [-0.1, -0.05) is 43.2 Å². The summed E-state index contributed by atoms with van der Waals surface area (Å²) in [6.45, 7) is 3.68. The van der Waals surface area contributed by atoms with E-state index in [-0.39, 0.29) is 17.8 Å². The Morgan fingerprint density at radius 1 is 1.26 bits per heavy atom. The number of likely N-dealkylation sites (N-methyl/N-ethyl adjacent to an activating group) is 1. The van der Waals surface area contributed by atoms with Crippen molar-refractivity contribution in [2.45, 2.75) is 68.7 Å². The average molecular weight is 511 g/mol. The van der Waals surface area contributed by atoms with Gasteiger partial charge in [0, 0.05) is 11.9 Å². The minimum atomic E-state index is -4.60. The summed E-state index contributed by atoms with van der Waals surface area (Å²) in [7, 11) is 1.68. The van der Waals surface area contributed by atoms with Crippen molar-refractivity contribution in [2.75, 3.05) is 12.4 Å². The van der Waals surface area contributed by atoms with E-state index in [9.17, 15) is 23.1 Å². The monoisotopic (exact) mass is 510 g/mol. The number of nitrogens with one attached hydrogen (secondary N) is 1. The summed E-state index contributed by atoms with van der Waals surface area (Å²) in [4.78, 5) is 21.9. The minimum Gasteiger partial charge on any atom is -0.436 e. The lowest BCUT2D eigenvalue weighted by molar-refractivity contribution is -0.161. The number of halogens is 3. The minimum absolute atomic E-state index is 0.129. The number of carbonyl (C=O) groups is 1. The van der Waals surface area contributed by atoms with Gasteiger partial charge in [-0.25, -0.2) is 14.9 Å². The van der Waals surface area contributed by atoms with Crippen LogP contribution in [0.5, 0.6) is 0 Å². The first kappa shape index (κ1) is 25.7. The summed E-state index contributed by atoms with van der Waals surface area (Å²) in [5.41, 5.74) is 0.179. The second-order valence-corrected chi connectivity index (χ2v) is 10.7. The predicted molar refractivity (Wildman–Crippen MR) is 127 cm³/mol. The first-order chi connectivity index (χ1) is 16.5. The number of hydrogen-bond donors (Lipinski definition) is 2. The van der Waals surface area contributed by atoms with E-state index in [1.165, 1.54) is 11.8 Å². The number of hydrogen-bond acceptors (Lipinski definition) is 8. The van der Waals surface area contributed by atoms with Crippen LogP contribution < -0.4 is 5.32 Å². The zero-order valence-corrected chi connectivity index (χ0v) is 20.6. The van der Waals surface area contributed by atoms with Gasteiger partial charge in [-0.2, -0.15) is 13.2 Å². The number of rotatable bonds is 5. The highest BCUT2D eigenvalue weighted by molar-refractivity contribution is 8.00. The van der Waals surface area contributed by atoms with Gasteiger partial charge >= 0.3 is 12.1 Å². The van der Waals surface area contributed by atoms with Crippen LogP contribution in [-0.4, -0.2) is 44.8 Å². The number of aromatic nitrogens is 2. The molecule has 2 aliphatic rings. The van der Waals surface area contributed by atoms with Crippen LogP contribution in [0.4, 0.5) is 24.8 Å². The molecule has 1 aliphatic heterocycles. The van der Waals surface area contributed by atoms with Crippen molar-refractivity contribution in [3.05, 3.63) is 47.3 Å². The molecule has 3 unspecified atom stereocenters. The molecule has 7 nitrogen and oxygen atoms in total. The lowest BCUT2D eigenvalue weighted by atomic mass is 9.89. The van der Waals surface area contributed by atoms with Crippen LogP contribution >= 0.6 is 11.8 Å².